The molecule has 0 unspecified atom stereocenters. The van der Waals surface area contributed by atoms with E-state index in [0.29, 0.717) is 6.54 Å². The van der Waals surface area contributed by atoms with Gasteiger partial charge in [-0.25, -0.2) is 0 Å². The van der Waals surface area contributed by atoms with Crippen molar-refractivity contribution in [3.8, 4) is 0 Å². The zero-order chi connectivity index (χ0) is 58.9. The number of halogens is 24. The smallest absolute Gasteiger partial charge is 0.287 e. The van der Waals surface area contributed by atoms with Gasteiger partial charge in [-0.2, -0.15) is 132 Å². The summed E-state index contributed by atoms with van der Waals surface area (Å²) in [6.45, 7) is 0.376. The number of nitrogens with zero attached hydrogens (tertiary/aromatic N) is 1. The van der Waals surface area contributed by atoms with Crippen LogP contribution in [0.2, 0.25) is 0 Å². The lowest BCUT2D eigenvalue weighted by molar-refractivity contribution is -0.678. The minimum absolute atomic E-state index is 0.149. The van der Waals surface area contributed by atoms with Crippen LogP contribution in [0.3, 0.4) is 0 Å². The number of rotatable bonds is 7. The molecule has 418 valence electrons. The van der Waals surface area contributed by atoms with Crippen LogP contribution in [0.1, 0.15) is 54.9 Å². The van der Waals surface area contributed by atoms with E-state index in [0.717, 1.165) is 27.1 Å². The Labute approximate surface area is 431 Å². The Kier molecular flexibility index (Phi) is 15.4. The molecule has 0 saturated heterocycles. The molecule has 28 heteroatoms. The molecule has 0 bridgehead atoms. The van der Waals surface area contributed by atoms with Gasteiger partial charge in [0.25, 0.3) is 0 Å². The van der Waals surface area contributed by atoms with Crippen molar-refractivity contribution in [3.63, 3.8) is 0 Å². The number of alkyl halides is 24. The molecular formula is C51H26BF24NOS. The predicted octanol–water partition coefficient (Wildman–Crippen LogP) is 15.4. The van der Waals surface area contributed by atoms with E-state index in [-0.39, 0.29) is 5.78 Å². The van der Waals surface area contributed by atoms with Crippen molar-refractivity contribution in [2.75, 3.05) is 0 Å². The highest BCUT2D eigenvalue weighted by atomic mass is 32.1. The van der Waals surface area contributed by atoms with Crippen LogP contribution in [-0.4, -0.2) is 11.9 Å². The maximum absolute atomic E-state index is 14.2. The van der Waals surface area contributed by atoms with Gasteiger partial charge in [0.1, 0.15) is 6.15 Å². The molecule has 1 aromatic heterocycles. The maximum atomic E-state index is 14.2. The Hall–Kier alpha value is -7.26. The van der Waals surface area contributed by atoms with E-state index in [1.807, 2.05) is 58.1 Å². The quantitative estimate of drug-likeness (QED) is 0.0512. The van der Waals surface area contributed by atoms with E-state index < -0.39 is 195 Å². The van der Waals surface area contributed by atoms with E-state index in [4.69, 9.17) is 0 Å². The molecular weight excluding hydrogens is 1140 g/mol. The van der Waals surface area contributed by atoms with Gasteiger partial charge in [0.15, 0.2) is 6.20 Å². The summed E-state index contributed by atoms with van der Waals surface area (Å²) < 4.78 is 343. The Morgan fingerprint density at radius 2 is 0.620 bits per heavy atom. The summed E-state index contributed by atoms with van der Waals surface area (Å²) in [6, 6.07) is 9.55. The summed E-state index contributed by atoms with van der Waals surface area (Å²) >= 11 is 1.59. The normalized spacial score (nSPS) is 13.4. The molecule has 8 aromatic rings. The molecule has 7 aromatic carbocycles. The highest BCUT2D eigenvalue weighted by Crippen LogP contribution is 2.42. The van der Waals surface area contributed by atoms with Crippen molar-refractivity contribution >= 4 is 66.7 Å². The van der Waals surface area contributed by atoms with Gasteiger partial charge in [0.2, 0.25) is 17.8 Å². The summed E-state index contributed by atoms with van der Waals surface area (Å²) in [4.78, 5) is 12.9. The number of thiazole rings is 1. The number of benzene rings is 7. The van der Waals surface area contributed by atoms with Gasteiger partial charge < -0.3 is 0 Å². The number of hydrogen-bond donors (Lipinski definition) is 0. The second-order valence-corrected chi connectivity index (χ2v) is 18.3. The number of ketones is 1. The molecule has 0 N–H and O–H groups in total. The summed E-state index contributed by atoms with van der Waals surface area (Å²) in [7, 11) is 0. The van der Waals surface area contributed by atoms with Crippen molar-refractivity contribution in [2.24, 2.45) is 0 Å². The molecule has 0 saturated carbocycles. The molecule has 8 rings (SSSR count). The minimum atomic E-state index is -6.13. The topological polar surface area (TPSA) is 20.9 Å². The highest BCUT2D eigenvalue weighted by Gasteiger charge is 2.47. The van der Waals surface area contributed by atoms with Crippen LogP contribution in [0.5, 0.6) is 0 Å². The van der Waals surface area contributed by atoms with E-state index >= 15 is 0 Å². The van der Waals surface area contributed by atoms with E-state index in [1.54, 1.807) is 11.3 Å². The summed E-state index contributed by atoms with van der Waals surface area (Å²) in [5, 5.41) is 6.26. The third-order valence-corrected chi connectivity index (χ3v) is 13.0. The number of carbonyl (C=O) groups is 1. The fourth-order valence-corrected chi connectivity index (χ4v) is 9.58. The zero-order valence-electron chi connectivity index (χ0n) is 38.5. The highest BCUT2D eigenvalue weighted by molar-refractivity contribution is 7.20. The van der Waals surface area contributed by atoms with Gasteiger partial charge in [0.05, 0.1) is 49.9 Å². The van der Waals surface area contributed by atoms with E-state index in [1.165, 1.54) is 0 Å². The third-order valence-electron chi connectivity index (χ3n) is 12.3. The number of fused-ring (bicyclic) bond motifs is 2. The number of aromatic nitrogens is 1. The number of Topliss-reactive ketones (excluding diaryl/α,β-unsaturated/α-hetero) is 1. The molecule has 0 spiro atoms. The molecule has 1 heterocycles. The standard InChI is InChI=1S/C32H12BF24.C19H14NOS/c34-25(35,36)13-1-14(26(37,38)39)6-21(5-13)33(22-7-15(27(40,41)42)2-16(8-22)28(43,44)45,23-9-17(29(46,47)48)3-18(10-23)30(49,50)51)24-11-19(31(52,53)54)4-20(12-24)32(55,56)57;21-18(12-20-9-10-22-13-20)19-16-7-3-1-5-14(16)11-15-6-2-4-8-17(15)19/h1-12H;1-11,13H,12H2/q-1;+1. The number of carbonyl (C=O) groups excluding carboxylic acids is 1. The second-order valence-electron chi connectivity index (χ2n) is 17.5. The van der Waals surface area contributed by atoms with Crippen molar-refractivity contribution in [1.82, 2.24) is 0 Å². The van der Waals surface area contributed by atoms with Crippen LogP contribution in [0.25, 0.3) is 21.5 Å². The van der Waals surface area contributed by atoms with E-state index in [9.17, 15) is 110 Å². The van der Waals surface area contributed by atoms with Crippen molar-refractivity contribution < 1.29 is 115 Å². The summed E-state index contributed by atoms with van der Waals surface area (Å²) in [5.41, 5.74) is -27.4. The fourth-order valence-electron chi connectivity index (χ4n) is 8.98. The van der Waals surface area contributed by atoms with Crippen LogP contribution in [0, 0.1) is 0 Å². The third kappa shape index (κ3) is 12.8. The predicted molar refractivity (Wildman–Crippen MR) is 240 cm³/mol. The molecule has 0 fully saturated rings. The van der Waals surface area contributed by atoms with Gasteiger partial charge >= 0.3 is 49.4 Å². The average molecular weight is 1170 g/mol. The molecule has 79 heavy (non-hydrogen) atoms. The first-order valence-electron chi connectivity index (χ1n) is 21.8. The lowest BCUT2D eigenvalue weighted by atomic mass is 9.12. The molecule has 0 aliphatic rings. The van der Waals surface area contributed by atoms with Crippen LogP contribution >= 0.6 is 11.3 Å². The van der Waals surface area contributed by atoms with Crippen molar-refractivity contribution in [1.29, 1.82) is 0 Å². The molecule has 0 radical (unpaired) electrons. The summed E-state index contributed by atoms with van der Waals surface area (Å²) in [5.74, 6) is 0.149. The van der Waals surface area contributed by atoms with Crippen LogP contribution in [-0.2, 0) is 56.0 Å². The largest absolute Gasteiger partial charge is 0.416 e. The van der Waals surface area contributed by atoms with Gasteiger partial charge in [-0.1, -0.05) is 108 Å². The molecule has 0 aliphatic heterocycles. The molecule has 2 nitrogen and oxygen atoms in total. The van der Waals surface area contributed by atoms with Gasteiger partial charge in [0, 0.05) is 5.56 Å². The SMILES string of the molecule is FC(F)(F)c1cc([B-](c2cc(C(F)(F)F)cc(C(F)(F)F)c2)(c2cc(C(F)(F)F)cc(C(F)(F)F)c2)c2cc(C(F)(F)F)cc(C(F)(F)F)c2)cc(C(F)(F)F)c1.O=C(C[n+]1ccsc1)c1c2ccccc2cc2ccccc12. The second kappa shape index (κ2) is 20.4. The van der Waals surface area contributed by atoms with Crippen LogP contribution < -0.4 is 26.4 Å². The van der Waals surface area contributed by atoms with Crippen molar-refractivity contribution in [2.45, 2.75) is 56.0 Å². The first-order chi connectivity index (χ1) is 36.1. The fraction of sp³-hybridized carbons (Fsp3) is 0.176. The molecule has 0 amide bonds. The monoisotopic (exact) mass is 1170 g/mol. The Morgan fingerprint density at radius 1 is 0.367 bits per heavy atom. The first kappa shape index (κ1) is 59.4. The minimum Gasteiger partial charge on any atom is -0.287 e. The summed E-state index contributed by atoms with van der Waals surface area (Å²) in [6.07, 6.45) is -52.9. The Balaban J connectivity index is 0.000000336. The molecule has 0 atom stereocenters. The average Bonchev–Trinajstić information content (AvgIpc) is 4.01. The van der Waals surface area contributed by atoms with Gasteiger partial charge in [-0.05, 0) is 51.9 Å². The first-order valence-corrected chi connectivity index (χ1v) is 22.7. The van der Waals surface area contributed by atoms with Gasteiger partial charge in [-0.3, -0.25) is 4.79 Å². The van der Waals surface area contributed by atoms with Crippen LogP contribution in [0.4, 0.5) is 105 Å². The lowest BCUT2D eigenvalue weighted by Crippen LogP contribution is -2.75. The Morgan fingerprint density at radius 3 is 0.848 bits per heavy atom. The molecule has 0 aliphatic carbocycles. The van der Waals surface area contributed by atoms with Gasteiger partial charge in [-0.15, -0.1) is 0 Å². The van der Waals surface area contributed by atoms with Crippen LogP contribution in [0.15, 0.2) is 144 Å². The lowest BCUT2D eigenvalue weighted by Gasteiger charge is -2.46. The number of hydrogen-bond acceptors (Lipinski definition) is 2. The maximum Gasteiger partial charge on any atom is 0.416 e. The Bertz CT molecular complexity index is 3070. The van der Waals surface area contributed by atoms with E-state index in [2.05, 4.69) is 18.2 Å². The zero-order valence-corrected chi connectivity index (χ0v) is 39.3. The van der Waals surface area contributed by atoms with Crippen molar-refractivity contribution in [3.05, 3.63) is 195 Å².